The second-order valence-electron chi connectivity index (χ2n) is 4.44. The Bertz CT molecular complexity index is 424. The number of halogens is 1. The summed E-state index contributed by atoms with van der Waals surface area (Å²) in [6, 6.07) is 4.96. The number of amides is 1. The summed E-state index contributed by atoms with van der Waals surface area (Å²) in [6.45, 7) is 4.44. The van der Waals surface area contributed by atoms with Gasteiger partial charge in [-0.3, -0.25) is 4.79 Å². The SMILES string of the molecule is CCCCCOC(C)C(=O)Nc1cc(Cl)ccc1N. The first kappa shape index (κ1) is 15.8. The average Bonchev–Trinajstić information content (AvgIpc) is 2.38. The number of carbonyl (C=O) groups excluding carboxylic acids is 1. The summed E-state index contributed by atoms with van der Waals surface area (Å²) in [4.78, 5) is 11.9. The molecule has 4 nitrogen and oxygen atoms in total. The van der Waals surface area contributed by atoms with E-state index in [1.165, 1.54) is 0 Å². The molecule has 1 aromatic rings. The molecule has 0 aromatic heterocycles. The van der Waals surface area contributed by atoms with Crippen LogP contribution in [-0.2, 0) is 9.53 Å². The van der Waals surface area contributed by atoms with Gasteiger partial charge < -0.3 is 15.8 Å². The largest absolute Gasteiger partial charge is 0.397 e. The predicted octanol–water partition coefficient (Wildman–Crippen LogP) is 3.46. The van der Waals surface area contributed by atoms with Gasteiger partial charge in [0.2, 0.25) is 0 Å². The van der Waals surface area contributed by atoms with Gasteiger partial charge in [-0.15, -0.1) is 0 Å². The smallest absolute Gasteiger partial charge is 0.253 e. The summed E-state index contributed by atoms with van der Waals surface area (Å²) in [7, 11) is 0. The standard InChI is InChI=1S/C14H21ClN2O2/c1-3-4-5-8-19-10(2)14(18)17-13-9-11(15)6-7-12(13)16/h6-7,9-10H,3-5,8,16H2,1-2H3,(H,17,18). The lowest BCUT2D eigenvalue weighted by Crippen LogP contribution is -2.28. The molecule has 0 saturated heterocycles. The van der Waals surface area contributed by atoms with Crippen LogP contribution in [0.25, 0.3) is 0 Å². The van der Waals surface area contributed by atoms with E-state index in [1.807, 2.05) is 0 Å². The van der Waals surface area contributed by atoms with Crippen LogP contribution in [0.1, 0.15) is 33.1 Å². The molecule has 1 rings (SSSR count). The number of hydrogen-bond acceptors (Lipinski definition) is 3. The fourth-order valence-electron chi connectivity index (χ4n) is 1.56. The molecule has 106 valence electrons. The van der Waals surface area contributed by atoms with E-state index < -0.39 is 6.10 Å². The molecule has 1 aromatic carbocycles. The van der Waals surface area contributed by atoms with Crippen molar-refractivity contribution in [1.29, 1.82) is 0 Å². The summed E-state index contributed by atoms with van der Waals surface area (Å²) in [5, 5.41) is 3.25. The van der Waals surface area contributed by atoms with Gasteiger partial charge >= 0.3 is 0 Å². The van der Waals surface area contributed by atoms with E-state index in [0.717, 1.165) is 19.3 Å². The summed E-state index contributed by atoms with van der Waals surface area (Å²) >= 11 is 5.86. The third-order valence-electron chi connectivity index (χ3n) is 2.76. The fourth-order valence-corrected chi connectivity index (χ4v) is 1.73. The molecule has 0 heterocycles. The number of nitrogen functional groups attached to an aromatic ring is 1. The first-order chi connectivity index (χ1) is 9.04. The highest BCUT2D eigenvalue weighted by molar-refractivity contribution is 6.31. The second-order valence-corrected chi connectivity index (χ2v) is 4.88. The third kappa shape index (κ3) is 5.49. The number of hydrogen-bond donors (Lipinski definition) is 2. The lowest BCUT2D eigenvalue weighted by molar-refractivity contribution is -0.126. The molecule has 0 saturated carbocycles. The summed E-state index contributed by atoms with van der Waals surface area (Å²) < 4.78 is 5.46. The second kappa shape index (κ2) is 8.02. The monoisotopic (exact) mass is 284 g/mol. The average molecular weight is 285 g/mol. The Labute approximate surface area is 119 Å². The number of nitrogens with one attached hydrogen (secondary N) is 1. The first-order valence-electron chi connectivity index (χ1n) is 6.52. The number of rotatable bonds is 7. The van der Waals surface area contributed by atoms with Gasteiger partial charge in [0.1, 0.15) is 6.10 Å². The summed E-state index contributed by atoms with van der Waals surface area (Å²) in [5.41, 5.74) is 6.76. The number of unbranched alkanes of at least 4 members (excludes halogenated alkanes) is 2. The molecule has 5 heteroatoms. The zero-order valence-corrected chi connectivity index (χ0v) is 12.2. The van der Waals surface area contributed by atoms with Crippen LogP contribution in [0.15, 0.2) is 18.2 Å². The Morgan fingerprint density at radius 3 is 2.89 bits per heavy atom. The van der Waals surface area contributed by atoms with Crippen molar-refractivity contribution in [3.05, 3.63) is 23.2 Å². The van der Waals surface area contributed by atoms with Gasteiger partial charge in [-0.1, -0.05) is 31.4 Å². The van der Waals surface area contributed by atoms with Crippen molar-refractivity contribution in [3.8, 4) is 0 Å². The number of benzene rings is 1. The maximum atomic E-state index is 11.9. The Hall–Kier alpha value is -1.26. The predicted molar refractivity (Wildman–Crippen MR) is 79.4 cm³/mol. The maximum Gasteiger partial charge on any atom is 0.253 e. The van der Waals surface area contributed by atoms with E-state index in [4.69, 9.17) is 22.1 Å². The summed E-state index contributed by atoms with van der Waals surface area (Å²) in [6.07, 6.45) is 2.70. The molecule has 0 fully saturated rings. The van der Waals surface area contributed by atoms with Gasteiger partial charge in [-0.2, -0.15) is 0 Å². The van der Waals surface area contributed by atoms with Gasteiger partial charge in [-0.05, 0) is 31.5 Å². The maximum absolute atomic E-state index is 11.9. The molecule has 19 heavy (non-hydrogen) atoms. The zero-order chi connectivity index (χ0) is 14.3. The van der Waals surface area contributed by atoms with E-state index in [-0.39, 0.29) is 5.91 Å². The summed E-state index contributed by atoms with van der Waals surface area (Å²) in [5.74, 6) is -0.217. The van der Waals surface area contributed by atoms with Crippen molar-refractivity contribution in [2.45, 2.75) is 39.2 Å². The van der Waals surface area contributed by atoms with Crippen molar-refractivity contribution >= 4 is 28.9 Å². The highest BCUT2D eigenvalue weighted by Gasteiger charge is 2.14. The van der Waals surface area contributed by atoms with Crippen molar-refractivity contribution in [1.82, 2.24) is 0 Å². The molecular weight excluding hydrogens is 264 g/mol. The third-order valence-corrected chi connectivity index (χ3v) is 2.99. The minimum atomic E-state index is -0.504. The van der Waals surface area contributed by atoms with Gasteiger partial charge in [-0.25, -0.2) is 0 Å². The van der Waals surface area contributed by atoms with Crippen molar-refractivity contribution < 1.29 is 9.53 Å². The number of anilines is 2. The molecular formula is C14H21ClN2O2. The van der Waals surface area contributed by atoms with Crippen molar-refractivity contribution in [2.75, 3.05) is 17.7 Å². The topological polar surface area (TPSA) is 64.3 Å². The molecule has 3 N–H and O–H groups in total. The molecule has 1 atom stereocenters. The van der Waals surface area contributed by atoms with Crippen LogP contribution in [-0.4, -0.2) is 18.6 Å². The zero-order valence-electron chi connectivity index (χ0n) is 11.4. The number of carbonyl (C=O) groups is 1. The molecule has 1 amide bonds. The highest BCUT2D eigenvalue weighted by atomic mass is 35.5. The first-order valence-corrected chi connectivity index (χ1v) is 6.90. The van der Waals surface area contributed by atoms with E-state index in [1.54, 1.807) is 25.1 Å². The Balaban J connectivity index is 2.47. The van der Waals surface area contributed by atoms with E-state index >= 15 is 0 Å². The minimum Gasteiger partial charge on any atom is -0.397 e. The Morgan fingerprint density at radius 1 is 1.47 bits per heavy atom. The number of ether oxygens (including phenoxy) is 1. The van der Waals surface area contributed by atoms with Gasteiger partial charge in [0, 0.05) is 11.6 Å². The van der Waals surface area contributed by atoms with Gasteiger partial charge in [0.05, 0.1) is 11.4 Å². The van der Waals surface area contributed by atoms with E-state index in [2.05, 4.69) is 12.2 Å². The van der Waals surface area contributed by atoms with Gasteiger partial charge in [0.15, 0.2) is 0 Å². The molecule has 0 aliphatic carbocycles. The highest BCUT2D eigenvalue weighted by Crippen LogP contribution is 2.23. The van der Waals surface area contributed by atoms with Crippen LogP contribution < -0.4 is 11.1 Å². The molecule has 0 bridgehead atoms. The van der Waals surface area contributed by atoms with Crippen LogP contribution >= 0.6 is 11.6 Å². The molecule has 1 unspecified atom stereocenters. The van der Waals surface area contributed by atoms with Crippen molar-refractivity contribution in [3.63, 3.8) is 0 Å². The minimum absolute atomic E-state index is 0.217. The molecule has 0 aliphatic heterocycles. The quantitative estimate of drug-likeness (QED) is 0.595. The van der Waals surface area contributed by atoms with E-state index in [9.17, 15) is 4.79 Å². The molecule has 0 radical (unpaired) electrons. The normalized spacial score (nSPS) is 12.2. The van der Waals surface area contributed by atoms with E-state index in [0.29, 0.717) is 23.0 Å². The van der Waals surface area contributed by atoms with Crippen LogP contribution in [0.4, 0.5) is 11.4 Å². The van der Waals surface area contributed by atoms with Crippen molar-refractivity contribution in [2.24, 2.45) is 0 Å². The van der Waals surface area contributed by atoms with Crippen LogP contribution in [0.3, 0.4) is 0 Å². The fraction of sp³-hybridized carbons (Fsp3) is 0.500. The van der Waals surface area contributed by atoms with Crippen LogP contribution in [0.2, 0.25) is 5.02 Å². The lowest BCUT2D eigenvalue weighted by Gasteiger charge is -2.14. The number of nitrogens with two attached hydrogens (primary N) is 1. The molecule has 0 spiro atoms. The van der Waals surface area contributed by atoms with Crippen LogP contribution in [0, 0.1) is 0 Å². The Morgan fingerprint density at radius 2 is 2.21 bits per heavy atom. The Kier molecular flexibility index (Phi) is 6.67. The lowest BCUT2D eigenvalue weighted by atomic mass is 10.2. The van der Waals surface area contributed by atoms with Crippen LogP contribution in [0.5, 0.6) is 0 Å². The van der Waals surface area contributed by atoms with Gasteiger partial charge in [0.25, 0.3) is 5.91 Å². The molecule has 0 aliphatic rings.